The van der Waals surface area contributed by atoms with Crippen molar-refractivity contribution in [3.63, 3.8) is 0 Å². The molecule has 126 valence electrons. The molecule has 1 aliphatic rings. The van der Waals surface area contributed by atoms with E-state index in [9.17, 15) is 4.79 Å². The first-order chi connectivity index (χ1) is 12.1. The number of nitrogens with zero attached hydrogens (tertiary/aromatic N) is 4. The van der Waals surface area contributed by atoms with Crippen LogP contribution in [0.5, 0.6) is 0 Å². The van der Waals surface area contributed by atoms with E-state index in [2.05, 4.69) is 31.7 Å². The zero-order valence-electron chi connectivity index (χ0n) is 14.0. The van der Waals surface area contributed by atoms with Gasteiger partial charge in [-0.15, -0.1) is 0 Å². The number of aryl methyl sites for hydroxylation is 3. The van der Waals surface area contributed by atoms with E-state index in [1.807, 2.05) is 19.1 Å². The fourth-order valence-corrected chi connectivity index (χ4v) is 3.15. The van der Waals surface area contributed by atoms with E-state index in [-0.39, 0.29) is 11.9 Å². The molecular weight excluding hydrogens is 318 g/mol. The minimum absolute atomic E-state index is 0.00515. The van der Waals surface area contributed by atoms with Crippen LogP contribution in [-0.4, -0.2) is 26.2 Å². The highest BCUT2D eigenvalue weighted by Gasteiger charge is 2.25. The van der Waals surface area contributed by atoms with Gasteiger partial charge in [-0.25, -0.2) is 0 Å². The van der Waals surface area contributed by atoms with Crippen molar-refractivity contribution in [3.8, 4) is 11.5 Å². The minimum atomic E-state index is -0.132. The van der Waals surface area contributed by atoms with E-state index in [1.165, 1.54) is 11.8 Å². The Morgan fingerprint density at radius 2 is 2.16 bits per heavy atom. The third-order valence-electron chi connectivity index (χ3n) is 4.34. The smallest absolute Gasteiger partial charge is 0.257 e. The van der Waals surface area contributed by atoms with Gasteiger partial charge in [-0.3, -0.25) is 4.79 Å². The Labute approximate surface area is 144 Å². The van der Waals surface area contributed by atoms with Gasteiger partial charge in [0.2, 0.25) is 0 Å². The topological polar surface area (TPSA) is 93.8 Å². The summed E-state index contributed by atoms with van der Waals surface area (Å²) in [4.78, 5) is 16.7. The Kier molecular flexibility index (Phi) is 3.76. The summed E-state index contributed by atoms with van der Waals surface area (Å²) >= 11 is 0. The lowest BCUT2D eigenvalue weighted by molar-refractivity contribution is 0.0936. The van der Waals surface area contributed by atoms with Gasteiger partial charge in [-0.1, -0.05) is 11.2 Å². The Balaban J connectivity index is 1.55. The number of fused-ring (bicyclic) bond motifs is 1. The number of carbonyl (C=O) groups excluding carboxylic acids is 1. The van der Waals surface area contributed by atoms with Crippen molar-refractivity contribution in [1.29, 1.82) is 0 Å². The fraction of sp³-hybridized carbons (Fsp3) is 0.278. The van der Waals surface area contributed by atoms with Gasteiger partial charge in [0.15, 0.2) is 5.82 Å². The molecule has 7 nitrogen and oxygen atoms in total. The van der Waals surface area contributed by atoms with E-state index in [4.69, 9.17) is 4.52 Å². The van der Waals surface area contributed by atoms with Crippen molar-refractivity contribution < 1.29 is 9.32 Å². The molecule has 2 aromatic heterocycles. The molecule has 0 radical (unpaired) electrons. The first kappa shape index (κ1) is 15.4. The molecule has 1 unspecified atom stereocenters. The van der Waals surface area contributed by atoms with Crippen LogP contribution in [-0.2, 0) is 6.42 Å². The fourth-order valence-electron chi connectivity index (χ4n) is 3.15. The Morgan fingerprint density at radius 1 is 1.28 bits per heavy atom. The summed E-state index contributed by atoms with van der Waals surface area (Å²) in [6.45, 7) is 3.61. The number of amides is 1. The second kappa shape index (κ2) is 6.08. The minimum Gasteiger partial charge on any atom is -0.345 e. The zero-order chi connectivity index (χ0) is 17.4. The molecule has 0 saturated heterocycles. The number of carbonyl (C=O) groups is 1. The van der Waals surface area contributed by atoms with Gasteiger partial charge < -0.3 is 9.84 Å². The predicted molar refractivity (Wildman–Crippen MR) is 89.8 cm³/mol. The summed E-state index contributed by atoms with van der Waals surface area (Å²) in [6.07, 6.45) is 3.25. The number of hydrogen-bond donors (Lipinski definition) is 1. The molecule has 0 spiro atoms. The average Bonchev–Trinajstić information content (AvgIpc) is 3.21. The van der Waals surface area contributed by atoms with Crippen molar-refractivity contribution in [2.24, 2.45) is 0 Å². The lowest BCUT2D eigenvalue weighted by atomic mass is 10.0. The van der Waals surface area contributed by atoms with Crippen molar-refractivity contribution in [1.82, 2.24) is 25.7 Å². The lowest BCUT2D eigenvalue weighted by Crippen LogP contribution is -2.27. The van der Waals surface area contributed by atoms with E-state index in [0.29, 0.717) is 17.3 Å². The molecule has 3 aromatic rings. The van der Waals surface area contributed by atoms with Crippen LogP contribution in [0.3, 0.4) is 0 Å². The molecule has 1 aromatic carbocycles. The third kappa shape index (κ3) is 3.00. The average molecular weight is 335 g/mol. The van der Waals surface area contributed by atoms with Gasteiger partial charge in [0, 0.05) is 5.56 Å². The first-order valence-electron chi connectivity index (χ1n) is 8.14. The van der Waals surface area contributed by atoms with Crippen LogP contribution in [0.4, 0.5) is 0 Å². The molecule has 1 amide bonds. The predicted octanol–water partition coefficient (Wildman–Crippen LogP) is 2.56. The SMILES string of the molecule is Cc1cc(C(=O)NC2CCc3cc(-c4nc(C)no4)ccc32)cnn1. The molecule has 2 heterocycles. The van der Waals surface area contributed by atoms with Crippen LogP contribution in [0.2, 0.25) is 0 Å². The number of benzene rings is 1. The highest BCUT2D eigenvalue weighted by atomic mass is 16.5. The molecule has 4 rings (SSSR count). The molecule has 1 aliphatic carbocycles. The van der Waals surface area contributed by atoms with E-state index in [1.54, 1.807) is 13.0 Å². The molecule has 25 heavy (non-hydrogen) atoms. The molecule has 0 saturated carbocycles. The summed E-state index contributed by atoms with van der Waals surface area (Å²) in [5.74, 6) is 1.00. The van der Waals surface area contributed by atoms with Crippen molar-refractivity contribution in [2.45, 2.75) is 32.7 Å². The summed E-state index contributed by atoms with van der Waals surface area (Å²) in [5, 5.41) is 14.6. The van der Waals surface area contributed by atoms with Crippen molar-refractivity contribution in [3.05, 3.63) is 58.7 Å². The maximum Gasteiger partial charge on any atom is 0.257 e. The van der Waals surface area contributed by atoms with Crippen molar-refractivity contribution >= 4 is 5.91 Å². The van der Waals surface area contributed by atoms with Gasteiger partial charge in [0.1, 0.15) is 0 Å². The number of nitrogens with one attached hydrogen (secondary N) is 1. The van der Waals surface area contributed by atoms with Gasteiger partial charge in [0.05, 0.1) is 23.5 Å². The lowest BCUT2D eigenvalue weighted by Gasteiger charge is -2.14. The summed E-state index contributed by atoms with van der Waals surface area (Å²) < 4.78 is 5.23. The second-order valence-electron chi connectivity index (χ2n) is 6.21. The Morgan fingerprint density at radius 3 is 2.92 bits per heavy atom. The maximum atomic E-state index is 12.4. The number of hydrogen-bond acceptors (Lipinski definition) is 6. The van der Waals surface area contributed by atoms with E-state index < -0.39 is 0 Å². The number of rotatable bonds is 3. The van der Waals surface area contributed by atoms with Crippen LogP contribution in [0.25, 0.3) is 11.5 Å². The largest absolute Gasteiger partial charge is 0.345 e. The maximum absolute atomic E-state index is 12.4. The van der Waals surface area contributed by atoms with Crippen LogP contribution < -0.4 is 5.32 Å². The quantitative estimate of drug-likeness (QED) is 0.790. The normalized spacial score (nSPS) is 15.8. The number of aromatic nitrogens is 4. The van der Waals surface area contributed by atoms with Crippen LogP contribution >= 0.6 is 0 Å². The molecule has 0 aliphatic heterocycles. The van der Waals surface area contributed by atoms with Crippen molar-refractivity contribution in [2.75, 3.05) is 0 Å². The summed E-state index contributed by atoms with van der Waals surface area (Å²) in [5.41, 5.74) is 4.48. The molecule has 1 N–H and O–H groups in total. The van der Waals surface area contributed by atoms with Gasteiger partial charge in [0.25, 0.3) is 11.8 Å². The molecule has 0 bridgehead atoms. The van der Waals surface area contributed by atoms with Crippen LogP contribution in [0.15, 0.2) is 35.0 Å². The zero-order valence-corrected chi connectivity index (χ0v) is 14.0. The van der Waals surface area contributed by atoms with Crippen LogP contribution in [0, 0.1) is 13.8 Å². The highest BCUT2D eigenvalue weighted by molar-refractivity contribution is 5.94. The molecule has 7 heteroatoms. The summed E-state index contributed by atoms with van der Waals surface area (Å²) in [6, 6.07) is 7.77. The Hall–Kier alpha value is -3.09. The Bertz CT molecular complexity index is 950. The third-order valence-corrected chi connectivity index (χ3v) is 4.34. The van der Waals surface area contributed by atoms with E-state index in [0.717, 1.165) is 29.7 Å². The standard InChI is InChI=1S/C18H17N5O2/c1-10-7-14(9-19-22-10)17(24)21-16-6-4-12-8-13(3-5-15(12)16)18-20-11(2)23-25-18/h3,5,7-9,16H,4,6H2,1-2H3,(H,21,24). The van der Waals surface area contributed by atoms with Gasteiger partial charge in [-0.2, -0.15) is 15.2 Å². The monoisotopic (exact) mass is 335 g/mol. The van der Waals surface area contributed by atoms with Gasteiger partial charge in [-0.05, 0) is 56.0 Å². The molecule has 0 fully saturated rings. The van der Waals surface area contributed by atoms with Gasteiger partial charge >= 0.3 is 0 Å². The highest BCUT2D eigenvalue weighted by Crippen LogP contribution is 2.34. The second-order valence-corrected chi connectivity index (χ2v) is 6.21. The first-order valence-corrected chi connectivity index (χ1v) is 8.14. The van der Waals surface area contributed by atoms with Crippen LogP contribution in [0.1, 0.15) is 45.5 Å². The molecular formula is C18H17N5O2. The van der Waals surface area contributed by atoms with E-state index >= 15 is 0 Å². The molecule has 1 atom stereocenters. The summed E-state index contributed by atoms with van der Waals surface area (Å²) in [7, 11) is 0.